The van der Waals surface area contributed by atoms with Gasteiger partial charge in [-0.15, -0.1) is 0 Å². The first-order valence-corrected chi connectivity index (χ1v) is 4.77. The van der Waals surface area contributed by atoms with Gasteiger partial charge in [0.05, 0.1) is 5.60 Å². The minimum atomic E-state index is -4.31. The molecule has 0 radical (unpaired) electrons. The summed E-state index contributed by atoms with van der Waals surface area (Å²) in [5.74, 6) is 0.113. The van der Waals surface area contributed by atoms with Gasteiger partial charge in [-0.1, -0.05) is 20.3 Å². The van der Waals surface area contributed by atoms with Gasteiger partial charge in [0.15, 0.2) is 0 Å². The highest BCUT2D eigenvalue weighted by Gasteiger charge is 2.51. The van der Waals surface area contributed by atoms with E-state index in [1.54, 1.807) is 6.92 Å². The van der Waals surface area contributed by atoms with Crippen molar-refractivity contribution >= 4 is 0 Å². The summed E-state index contributed by atoms with van der Waals surface area (Å²) in [6.07, 6.45) is -5.31. The molecule has 1 rings (SSSR count). The minimum Gasteiger partial charge on any atom is -0.346 e. The summed E-state index contributed by atoms with van der Waals surface area (Å²) in [6.45, 7) is 5.83. The van der Waals surface area contributed by atoms with Crippen molar-refractivity contribution in [2.24, 2.45) is 5.92 Å². The van der Waals surface area contributed by atoms with Crippen LogP contribution < -0.4 is 5.32 Å². The van der Waals surface area contributed by atoms with Crippen LogP contribution >= 0.6 is 0 Å². The molecule has 0 aromatic carbocycles. The van der Waals surface area contributed by atoms with E-state index in [4.69, 9.17) is 4.74 Å². The van der Waals surface area contributed by atoms with Crippen molar-refractivity contribution in [2.75, 3.05) is 6.54 Å². The summed E-state index contributed by atoms with van der Waals surface area (Å²) < 4.78 is 41.9. The largest absolute Gasteiger partial charge is 0.428 e. The summed E-state index contributed by atoms with van der Waals surface area (Å²) in [4.78, 5) is 0. The summed E-state index contributed by atoms with van der Waals surface area (Å²) in [5.41, 5.74) is -0.699. The Morgan fingerprint density at radius 1 is 1.57 bits per heavy atom. The average Bonchev–Trinajstić information content (AvgIpc) is 2.47. The van der Waals surface area contributed by atoms with Crippen molar-refractivity contribution in [1.82, 2.24) is 5.32 Å². The van der Waals surface area contributed by atoms with Crippen molar-refractivity contribution in [3.63, 3.8) is 0 Å². The predicted molar refractivity (Wildman–Crippen MR) is 46.8 cm³/mol. The molecule has 0 amide bonds. The molecule has 3 unspecified atom stereocenters. The van der Waals surface area contributed by atoms with E-state index in [0.29, 0.717) is 0 Å². The molecule has 5 heteroatoms. The molecule has 0 aliphatic carbocycles. The molecule has 14 heavy (non-hydrogen) atoms. The molecule has 0 aromatic rings. The van der Waals surface area contributed by atoms with E-state index in [0.717, 1.165) is 6.42 Å². The summed E-state index contributed by atoms with van der Waals surface area (Å²) in [5, 5.41) is 2.36. The standard InChI is InChI=1S/C9H16F3NO/c1-4-6(2)8(3)5-13-7(14-8)9(10,11)12/h6-7,13H,4-5H2,1-3H3. The van der Waals surface area contributed by atoms with Crippen molar-refractivity contribution in [1.29, 1.82) is 0 Å². The topological polar surface area (TPSA) is 21.3 Å². The number of hydrogen-bond donors (Lipinski definition) is 1. The summed E-state index contributed by atoms with van der Waals surface area (Å²) in [7, 11) is 0. The number of hydrogen-bond acceptors (Lipinski definition) is 2. The Bertz CT molecular complexity index is 207. The molecule has 2 nitrogen and oxygen atoms in total. The molecular formula is C9H16F3NO. The van der Waals surface area contributed by atoms with Gasteiger partial charge < -0.3 is 4.74 Å². The number of halogens is 3. The van der Waals surface area contributed by atoms with Gasteiger partial charge >= 0.3 is 6.18 Å². The normalized spacial score (nSPS) is 36.0. The van der Waals surface area contributed by atoms with Gasteiger partial charge in [-0.25, -0.2) is 0 Å². The first-order chi connectivity index (χ1) is 6.29. The monoisotopic (exact) mass is 211 g/mol. The molecule has 0 spiro atoms. The lowest BCUT2D eigenvalue weighted by Gasteiger charge is -2.30. The molecule has 84 valence electrons. The quantitative estimate of drug-likeness (QED) is 0.756. The molecule has 1 aliphatic rings. The zero-order chi connectivity index (χ0) is 11.0. The lowest BCUT2D eigenvalue weighted by Crippen LogP contribution is -2.39. The molecule has 3 atom stereocenters. The Kier molecular flexibility index (Phi) is 3.11. The van der Waals surface area contributed by atoms with Gasteiger partial charge in [0.1, 0.15) is 0 Å². The van der Waals surface area contributed by atoms with E-state index in [-0.39, 0.29) is 12.5 Å². The van der Waals surface area contributed by atoms with Gasteiger partial charge in [0, 0.05) is 6.54 Å². The SMILES string of the molecule is CCC(C)C1(C)CNC(C(F)(F)F)O1. The number of rotatable bonds is 2. The van der Waals surface area contributed by atoms with E-state index < -0.39 is 18.0 Å². The van der Waals surface area contributed by atoms with Crippen molar-refractivity contribution in [2.45, 2.75) is 45.2 Å². The molecule has 1 fully saturated rings. The highest BCUT2D eigenvalue weighted by Crippen LogP contribution is 2.34. The zero-order valence-corrected chi connectivity index (χ0v) is 8.61. The third-order valence-electron chi connectivity index (χ3n) is 2.98. The molecule has 0 bridgehead atoms. The Morgan fingerprint density at radius 3 is 2.50 bits per heavy atom. The van der Waals surface area contributed by atoms with Crippen LogP contribution in [0.4, 0.5) is 13.2 Å². The van der Waals surface area contributed by atoms with Gasteiger partial charge in [0.25, 0.3) is 0 Å². The maximum absolute atomic E-state index is 12.3. The van der Waals surface area contributed by atoms with Crippen LogP contribution in [-0.2, 0) is 4.74 Å². The number of ether oxygens (including phenoxy) is 1. The molecule has 0 saturated carbocycles. The fourth-order valence-corrected chi connectivity index (χ4v) is 1.55. The van der Waals surface area contributed by atoms with Crippen LogP contribution in [0, 0.1) is 5.92 Å². The van der Waals surface area contributed by atoms with Crippen LogP contribution in [0.25, 0.3) is 0 Å². The minimum absolute atomic E-state index is 0.113. The van der Waals surface area contributed by atoms with Crippen LogP contribution in [-0.4, -0.2) is 24.6 Å². The van der Waals surface area contributed by atoms with Gasteiger partial charge in [-0.05, 0) is 12.8 Å². The Labute approximate surface area is 81.8 Å². The molecule has 1 aliphatic heterocycles. The van der Waals surface area contributed by atoms with E-state index in [1.165, 1.54) is 0 Å². The lowest BCUT2D eigenvalue weighted by atomic mass is 9.89. The highest BCUT2D eigenvalue weighted by molar-refractivity contribution is 4.91. The second-order valence-corrected chi connectivity index (χ2v) is 4.04. The summed E-state index contributed by atoms with van der Waals surface area (Å²) in [6, 6.07) is 0. The molecule has 1 N–H and O–H groups in total. The second kappa shape index (κ2) is 3.70. The first kappa shape index (κ1) is 11.8. The highest BCUT2D eigenvalue weighted by atomic mass is 19.4. The van der Waals surface area contributed by atoms with E-state index in [2.05, 4.69) is 5.32 Å². The smallest absolute Gasteiger partial charge is 0.346 e. The fraction of sp³-hybridized carbons (Fsp3) is 1.00. The lowest BCUT2D eigenvalue weighted by molar-refractivity contribution is -0.237. The average molecular weight is 211 g/mol. The molecule has 1 heterocycles. The predicted octanol–water partition coefficient (Wildman–Crippen LogP) is 2.30. The zero-order valence-electron chi connectivity index (χ0n) is 8.61. The molecular weight excluding hydrogens is 195 g/mol. The van der Waals surface area contributed by atoms with Crippen molar-refractivity contribution in [3.8, 4) is 0 Å². The number of alkyl halides is 3. The van der Waals surface area contributed by atoms with Crippen molar-refractivity contribution < 1.29 is 17.9 Å². The van der Waals surface area contributed by atoms with Crippen molar-refractivity contribution in [3.05, 3.63) is 0 Å². The van der Waals surface area contributed by atoms with Crippen LogP contribution in [0.5, 0.6) is 0 Å². The van der Waals surface area contributed by atoms with Gasteiger partial charge in [0.2, 0.25) is 6.23 Å². The van der Waals surface area contributed by atoms with E-state index >= 15 is 0 Å². The maximum atomic E-state index is 12.3. The van der Waals surface area contributed by atoms with E-state index in [1.807, 2.05) is 13.8 Å². The maximum Gasteiger partial charge on any atom is 0.428 e. The van der Waals surface area contributed by atoms with Gasteiger partial charge in [-0.3, -0.25) is 5.32 Å². The molecule has 1 saturated heterocycles. The Hall–Kier alpha value is -0.290. The second-order valence-electron chi connectivity index (χ2n) is 4.04. The van der Waals surface area contributed by atoms with Crippen LogP contribution in [0.1, 0.15) is 27.2 Å². The van der Waals surface area contributed by atoms with Crippen LogP contribution in [0.3, 0.4) is 0 Å². The van der Waals surface area contributed by atoms with Crippen LogP contribution in [0.15, 0.2) is 0 Å². The first-order valence-electron chi connectivity index (χ1n) is 4.77. The van der Waals surface area contributed by atoms with Gasteiger partial charge in [-0.2, -0.15) is 13.2 Å². The Morgan fingerprint density at radius 2 is 2.14 bits per heavy atom. The molecule has 0 aromatic heterocycles. The van der Waals surface area contributed by atoms with E-state index in [9.17, 15) is 13.2 Å². The third kappa shape index (κ3) is 2.20. The Balaban J connectivity index is 2.64. The number of nitrogens with one attached hydrogen (secondary N) is 1. The van der Waals surface area contributed by atoms with Crippen LogP contribution in [0.2, 0.25) is 0 Å². The summed E-state index contributed by atoms with van der Waals surface area (Å²) >= 11 is 0. The fourth-order valence-electron chi connectivity index (χ4n) is 1.55. The third-order valence-corrected chi connectivity index (χ3v) is 2.98.